The molecular formula is C31H41As. The zero-order valence-corrected chi connectivity index (χ0v) is 22.1. The quantitative estimate of drug-likeness (QED) is 0.151. The molecule has 1 heteroatoms. The molecule has 0 aliphatic carbocycles. The molecule has 0 aromatic heterocycles. The molecule has 0 aliphatic rings. The Morgan fingerprint density at radius 2 is 0.781 bits per heavy atom. The number of hydrogen-bond acceptors (Lipinski definition) is 0. The Bertz CT molecular complexity index is 740. The van der Waals surface area contributed by atoms with Crippen molar-refractivity contribution in [3.05, 3.63) is 108 Å². The third kappa shape index (κ3) is 8.99. The smallest absolute Gasteiger partial charge is 0.0622 e. The van der Waals surface area contributed by atoms with Gasteiger partial charge < -0.3 is 0 Å². The molecule has 0 saturated carbocycles. The summed E-state index contributed by atoms with van der Waals surface area (Å²) >= 11 is 1.88. The average Bonchev–Trinajstić information content (AvgIpc) is 2.83. The molecule has 0 nitrogen and oxygen atoms in total. The molecule has 0 heterocycles. The first-order valence-corrected chi connectivity index (χ1v) is 14.3. The van der Waals surface area contributed by atoms with Crippen molar-refractivity contribution in [2.24, 2.45) is 5.41 Å². The summed E-state index contributed by atoms with van der Waals surface area (Å²) in [5.74, 6) is 0. The van der Waals surface area contributed by atoms with Crippen LogP contribution in [0.3, 0.4) is 0 Å². The molecular weight excluding hydrogens is 447 g/mol. The molecule has 1 unspecified atom stereocenters. The molecule has 0 N–H and O–H groups in total. The number of hydrogen-bond donors (Lipinski definition) is 0. The van der Waals surface area contributed by atoms with Crippen molar-refractivity contribution in [2.45, 2.75) is 75.8 Å². The minimum atomic E-state index is 0.258. The van der Waals surface area contributed by atoms with Crippen LogP contribution in [0.25, 0.3) is 0 Å². The van der Waals surface area contributed by atoms with E-state index in [1.165, 1.54) is 73.3 Å². The van der Waals surface area contributed by atoms with E-state index >= 15 is 0 Å². The SMILES string of the molecule is [AsH2]CCCCCCCCCC(Cc1ccccc1)(Cc1ccccc1)Cc1ccccc1. The fourth-order valence-electron chi connectivity index (χ4n) is 5.07. The first kappa shape index (κ1) is 24.9. The predicted octanol–water partition coefficient (Wildman–Crippen LogP) is 7.87. The van der Waals surface area contributed by atoms with Crippen molar-refractivity contribution < 1.29 is 0 Å². The summed E-state index contributed by atoms with van der Waals surface area (Å²) < 4.78 is 0. The minimum absolute atomic E-state index is 0.258. The van der Waals surface area contributed by atoms with Crippen molar-refractivity contribution in [1.82, 2.24) is 0 Å². The van der Waals surface area contributed by atoms with E-state index in [1.807, 2.05) is 16.9 Å². The zero-order valence-electron chi connectivity index (χ0n) is 19.7. The van der Waals surface area contributed by atoms with Gasteiger partial charge in [-0.1, -0.05) is 91.0 Å². The van der Waals surface area contributed by atoms with Crippen LogP contribution < -0.4 is 0 Å². The second kappa shape index (κ2) is 14.4. The third-order valence-corrected chi connectivity index (χ3v) is 7.53. The fourth-order valence-corrected chi connectivity index (χ4v) is 5.67. The van der Waals surface area contributed by atoms with Gasteiger partial charge >= 0.3 is 115 Å². The van der Waals surface area contributed by atoms with Crippen LogP contribution in [0.5, 0.6) is 0 Å². The summed E-state index contributed by atoms with van der Waals surface area (Å²) in [6, 6.07) is 33.5. The molecule has 0 bridgehead atoms. The summed E-state index contributed by atoms with van der Waals surface area (Å²) in [6.07, 6.45) is 14.5. The zero-order chi connectivity index (χ0) is 22.3. The summed E-state index contributed by atoms with van der Waals surface area (Å²) in [6.45, 7) is 0. The maximum absolute atomic E-state index is 2.32. The van der Waals surface area contributed by atoms with Gasteiger partial charge in [-0.2, -0.15) is 0 Å². The molecule has 32 heavy (non-hydrogen) atoms. The van der Waals surface area contributed by atoms with Gasteiger partial charge in [0.05, 0.1) is 0 Å². The van der Waals surface area contributed by atoms with E-state index in [9.17, 15) is 0 Å². The van der Waals surface area contributed by atoms with E-state index < -0.39 is 0 Å². The van der Waals surface area contributed by atoms with Crippen molar-refractivity contribution in [2.75, 3.05) is 0 Å². The molecule has 0 aliphatic heterocycles. The molecule has 3 aromatic carbocycles. The standard InChI is InChI=1S/C31H41As/c32-24-16-5-3-1-2-4-15-23-31(25-28-17-9-6-10-18-28,26-29-19-11-7-12-20-29)27-30-21-13-8-14-22-30/h6-14,17-22H,1-5,15-16,23-27,32H2. The summed E-state index contributed by atoms with van der Waals surface area (Å²) in [7, 11) is 0. The molecule has 3 rings (SSSR count). The second-order valence-corrected chi connectivity index (χ2v) is 10.7. The molecule has 0 radical (unpaired) electrons. The normalized spacial score (nSPS) is 11.5. The Kier molecular flexibility index (Phi) is 11.2. The number of rotatable bonds is 15. The molecule has 1 atom stereocenters. The topological polar surface area (TPSA) is 0 Å². The minimum Gasteiger partial charge on any atom is -0.0622 e. The predicted molar refractivity (Wildman–Crippen MR) is 143 cm³/mol. The van der Waals surface area contributed by atoms with Gasteiger partial charge in [-0.3, -0.25) is 0 Å². The van der Waals surface area contributed by atoms with Crippen molar-refractivity contribution >= 4 is 16.9 Å². The van der Waals surface area contributed by atoms with Gasteiger partial charge in [0.2, 0.25) is 0 Å². The number of unbranched alkanes of at least 4 members (excludes halogenated alkanes) is 6. The Hall–Kier alpha value is -1.78. The summed E-state index contributed by atoms with van der Waals surface area (Å²) in [5.41, 5.74) is 4.68. The van der Waals surface area contributed by atoms with E-state index in [0.717, 1.165) is 19.3 Å². The first-order chi connectivity index (χ1) is 15.8. The van der Waals surface area contributed by atoms with Gasteiger partial charge in [-0.15, -0.1) is 0 Å². The van der Waals surface area contributed by atoms with Crippen molar-refractivity contribution in [3.63, 3.8) is 0 Å². The van der Waals surface area contributed by atoms with E-state index in [1.54, 1.807) is 0 Å². The Balaban J connectivity index is 1.74. The molecule has 170 valence electrons. The molecule has 0 fully saturated rings. The van der Waals surface area contributed by atoms with E-state index in [-0.39, 0.29) is 5.41 Å². The van der Waals surface area contributed by atoms with Gasteiger partial charge in [0.1, 0.15) is 0 Å². The van der Waals surface area contributed by atoms with Gasteiger partial charge in [0.25, 0.3) is 0 Å². The molecule has 0 saturated heterocycles. The summed E-state index contributed by atoms with van der Waals surface area (Å²) in [4.78, 5) is 0. The Labute approximate surface area is 205 Å². The van der Waals surface area contributed by atoms with Crippen molar-refractivity contribution in [1.29, 1.82) is 0 Å². The van der Waals surface area contributed by atoms with Crippen LogP contribution in [0.1, 0.15) is 68.1 Å². The van der Waals surface area contributed by atoms with E-state index in [0.29, 0.717) is 0 Å². The molecule has 3 aromatic rings. The van der Waals surface area contributed by atoms with Crippen molar-refractivity contribution in [3.8, 4) is 0 Å². The van der Waals surface area contributed by atoms with Crippen LogP contribution in [0, 0.1) is 5.41 Å². The molecule has 0 spiro atoms. The van der Waals surface area contributed by atoms with Crippen LogP contribution in [-0.4, -0.2) is 16.9 Å². The van der Waals surface area contributed by atoms with Crippen LogP contribution in [-0.2, 0) is 19.3 Å². The Morgan fingerprint density at radius 1 is 0.438 bits per heavy atom. The Morgan fingerprint density at radius 3 is 1.16 bits per heavy atom. The van der Waals surface area contributed by atoms with Gasteiger partial charge in [0.15, 0.2) is 0 Å². The van der Waals surface area contributed by atoms with Crippen LogP contribution in [0.4, 0.5) is 0 Å². The third-order valence-electron chi connectivity index (χ3n) is 6.68. The fraction of sp³-hybridized carbons (Fsp3) is 0.419. The maximum atomic E-state index is 2.32. The molecule has 0 amide bonds. The van der Waals surface area contributed by atoms with Gasteiger partial charge in [-0.05, 0) is 0 Å². The second-order valence-electron chi connectivity index (χ2n) is 9.50. The van der Waals surface area contributed by atoms with E-state index in [2.05, 4.69) is 91.0 Å². The number of benzene rings is 3. The van der Waals surface area contributed by atoms with Crippen LogP contribution in [0.15, 0.2) is 91.0 Å². The average molecular weight is 489 g/mol. The monoisotopic (exact) mass is 488 g/mol. The van der Waals surface area contributed by atoms with Gasteiger partial charge in [0, 0.05) is 0 Å². The first-order valence-electron chi connectivity index (χ1n) is 12.6. The van der Waals surface area contributed by atoms with Crippen LogP contribution in [0.2, 0.25) is 5.21 Å². The van der Waals surface area contributed by atoms with Gasteiger partial charge in [-0.25, -0.2) is 0 Å². The van der Waals surface area contributed by atoms with E-state index in [4.69, 9.17) is 0 Å². The summed E-state index contributed by atoms with van der Waals surface area (Å²) in [5, 5.41) is 1.40. The van der Waals surface area contributed by atoms with Crippen LogP contribution >= 0.6 is 0 Å².